The van der Waals surface area contributed by atoms with E-state index in [1.54, 1.807) is 21.0 Å². The number of Topliss-reactive ketones (excluding diaryl/α,β-unsaturated/α-hetero) is 1. The van der Waals surface area contributed by atoms with E-state index >= 15 is 0 Å². The zero-order chi connectivity index (χ0) is 18.2. The quantitative estimate of drug-likeness (QED) is 0.824. The molecule has 130 valence electrons. The third kappa shape index (κ3) is 2.94. The highest BCUT2D eigenvalue weighted by Gasteiger charge is 2.21. The van der Waals surface area contributed by atoms with Gasteiger partial charge in [0, 0.05) is 26.6 Å². The molecule has 1 atom stereocenters. The predicted octanol–water partition coefficient (Wildman–Crippen LogP) is 0.821. The minimum absolute atomic E-state index is 0.105. The van der Waals surface area contributed by atoms with E-state index in [2.05, 4.69) is 5.32 Å². The summed E-state index contributed by atoms with van der Waals surface area (Å²) in [4.78, 5) is 36.3. The maximum atomic E-state index is 12.2. The number of hydrogen-bond donors (Lipinski definition) is 1. The smallest absolute Gasteiger partial charge is 0.316 e. The average Bonchev–Trinajstić information content (AvgIpc) is 2.53. The number of aryl methyl sites for hydroxylation is 3. The summed E-state index contributed by atoms with van der Waals surface area (Å²) in [6.07, 6.45) is 0.533. The van der Waals surface area contributed by atoms with Crippen LogP contribution in [0, 0.1) is 19.8 Å². The maximum Gasteiger partial charge on any atom is 0.316 e. The molecule has 0 saturated carbocycles. The number of fused-ring (bicyclic) bond motifs is 1. The molecule has 0 saturated heterocycles. The zero-order valence-corrected chi connectivity index (χ0v) is 15.2. The summed E-state index contributed by atoms with van der Waals surface area (Å²) in [6.45, 7) is 6.14. The summed E-state index contributed by atoms with van der Waals surface area (Å²) in [7, 11) is 5.04. The Balaban J connectivity index is 2.86. The van der Waals surface area contributed by atoms with Crippen LogP contribution < -0.4 is 16.4 Å². The van der Waals surface area contributed by atoms with E-state index in [-0.39, 0.29) is 11.7 Å². The standard InChI is InChI=1S/C18H25N3O3/c1-10-7-15-16(21(6)18(24)17(23)20(15)5)14(11(10)2)8-13(9-19-4)12(3)22/h7,13,19H,8-9H2,1-6H3. The van der Waals surface area contributed by atoms with Gasteiger partial charge in [-0.05, 0) is 57.0 Å². The summed E-state index contributed by atoms with van der Waals surface area (Å²) < 4.78 is 2.81. The summed E-state index contributed by atoms with van der Waals surface area (Å²) >= 11 is 0. The van der Waals surface area contributed by atoms with Crippen LogP contribution >= 0.6 is 0 Å². The highest BCUT2D eigenvalue weighted by molar-refractivity contribution is 5.84. The normalized spacial score (nSPS) is 12.6. The minimum Gasteiger partial charge on any atom is -0.319 e. The van der Waals surface area contributed by atoms with Crippen LogP contribution in [0.25, 0.3) is 11.0 Å². The third-order valence-electron chi connectivity index (χ3n) is 4.89. The third-order valence-corrected chi connectivity index (χ3v) is 4.89. The van der Waals surface area contributed by atoms with Crippen molar-refractivity contribution in [2.75, 3.05) is 13.6 Å². The first-order valence-corrected chi connectivity index (χ1v) is 8.04. The molecule has 1 aromatic heterocycles. The first-order valence-electron chi connectivity index (χ1n) is 8.04. The largest absolute Gasteiger partial charge is 0.319 e. The summed E-state index contributed by atoms with van der Waals surface area (Å²) in [5.41, 5.74) is 3.40. The Morgan fingerprint density at radius 3 is 2.29 bits per heavy atom. The lowest BCUT2D eigenvalue weighted by atomic mass is 9.90. The molecule has 0 bridgehead atoms. The first kappa shape index (κ1) is 18.1. The molecule has 2 aromatic rings. The number of rotatable bonds is 5. The van der Waals surface area contributed by atoms with Crippen LogP contribution in [0.15, 0.2) is 15.7 Å². The number of carbonyl (C=O) groups excluding carboxylic acids is 1. The van der Waals surface area contributed by atoms with Crippen molar-refractivity contribution < 1.29 is 4.79 Å². The van der Waals surface area contributed by atoms with Gasteiger partial charge in [-0.1, -0.05) is 0 Å². The second kappa shape index (κ2) is 6.73. The van der Waals surface area contributed by atoms with Gasteiger partial charge in [-0.3, -0.25) is 14.4 Å². The molecule has 1 unspecified atom stereocenters. The molecule has 24 heavy (non-hydrogen) atoms. The fourth-order valence-corrected chi connectivity index (χ4v) is 3.18. The molecule has 0 spiro atoms. The molecular formula is C18H25N3O3. The van der Waals surface area contributed by atoms with Gasteiger partial charge >= 0.3 is 11.1 Å². The highest BCUT2D eigenvalue weighted by Crippen LogP contribution is 2.26. The van der Waals surface area contributed by atoms with Gasteiger partial charge in [0.25, 0.3) is 0 Å². The minimum atomic E-state index is -0.553. The van der Waals surface area contributed by atoms with Crippen LogP contribution in [0.4, 0.5) is 0 Å². The lowest BCUT2D eigenvalue weighted by molar-refractivity contribution is -0.120. The number of benzene rings is 1. The molecule has 6 nitrogen and oxygen atoms in total. The molecule has 0 aliphatic carbocycles. The fraction of sp³-hybridized carbons (Fsp3) is 0.500. The van der Waals surface area contributed by atoms with E-state index in [1.807, 2.05) is 27.0 Å². The monoisotopic (exact) mass is 331 g/mol. The lowest BCUT2D eigenvalue weighted by Gasteiger charge is -2.21. The fourth-order valence-electron chi connectivity index (χ4n) is 3.18. The van der Waals surface area contributed by atoms with Crippen molar-refractivity contribution in [3.8, 4) is 0 Å². The van der Waals surface area contributed by atoms with Crippen LogP contribution in [-0.2, 0) is 25.3 Å². The van der Waals surface area contributed by atoms with Gasteiger partial charge in [0.05, 0.1) is 11.0 Å². The molecule has 1 N–H and O–H groups in total. The molecule has 1 aromatic carbocycles. The molecule has 6 heteroatoms. The summed E-state index contributed by atoms with van der Waals surface area (Å²) in [6, 6.07) is 1.93. The zero-order valence-electron chi connectivity index (χ0n) is 15.2. The molecule has 1 heterocycles. The van der Waals surface area contributed by atoms with Gasteiger partial charge in [-0.2, -0.15) is 0 Å². The second-order valence-corrected chi connectivity index (χ2v) is 6.46. The van der Waals surface area contributed by atoms with Crippen molar-refractivity contribution in [3.05, 3.63) is 43.5 Å². The number of carbonyl (C=O) groups is 1. The Kier molecular flexibility index (Phi) is 5.08. The summed E-state index contributed by atoms with van der Waals surface area (Å²) in [5, 5.41) is 3.05. The number of ketones is 1. The van der Waals surface area contributed by atoms with Gasteiger partial charge in [-0.15, -0.1) is 0 Å². The lowest BCUT2D eigenvalue weighted by Crippen LogP contribution is -2.40. The highest BCUT2D eigenvalue weighted by atomic mass is 16.2. The van der Waals surface area contributed by atoms with Crippen LogP contribution in [0.1, 0.15) is 23.6 Å². The molecule has 0 aliphatic heterocycles. The predicted molar refractivity (Wildman–Crippen MR) is 95.7 cm³/mol. The number of aromatic nitrogens is 2. The summed E-state index contributed by atoms with van der Waals surface area (Å²) in [5.74, 6) is -0.0701. The van der Waals surface area contributed by atoms with Crippen LogP contribution in [0.5, 0.6) is 0 Å². The number of hydrogen-bond acceptors (Lipinski definition) is 4. The Hall–Kier alpha value is -2.21. The van der Waals surface area contributed by atoms with Crippen molar-refractivity contribution in [1.82, 2.24) is 14.5 Å². The SMILES string of the molecule is CNCC(Cc1c(C)c(C)cc2c1n(C)c(=O)c(=O)n2C)C(C)=O. The molecule has 2 rings (SSSR count). The van der Waals surface area contributed by atoms with Gasteiger partial charge in [0.1, 0.15) is 5.78 Å². The maximum absolute atomic E-state index is 12.2. The second-order valence-electron chi connectivity index (χ2n) is 6.46. The number of nitrogens with zero attached hydrogens (tertiary/aromatic N) is 2. The Morgan fingerprint density at radius 2 is 1.75 bits per heavy atom. The van der Waals surface area contributed by atoms with Crippen molar-refractivity contribution in [3.63, 3.8) is 0 Å². The van der Waals surface area contributed by atoms with E-state index in [9.17, 15) is 14.4 Å². The van der Waals surface area contributed by atoms with E-state index in [0.717, 1.165) is 22.2 Å². The topological polar surface area (TPSA) is 73.1 Å². The Morgan fingerprint density at radius 1 is 1.17 bits per heavy atom. The van der Waals surface area contributed by atoms with Crippen molar-refractivity contribution >= 4 is 16.8 Å². The number of nitrogens with one attached hydrogen (secondary N) is 1. The van der Waals surface area contributed by atoms with Crippen molar-refractivity contribution in [1.29, 1.82) is 0 Å². The Labute approximate surface area is 141 Å². The van der Waals surface area contributed by atoms with Crippen LogP contribution in [0.2, 0.25) is 0 Å². The van der Waals surface area contributed by atoms with E-state index < -0.39 is 11.1 Å². The van der Waals surface area contributed by atoms with E-state index in [4.69, 9.17) is 0 Å². The molecule has 0 fully saturated rings. The van der Waals surface area contributed by atoms with E-state index in [1.165, 1.54) is 9.13 Å². The first-order chi connectivity index (χ1) is 11.2. The molecular weight excluding hydrogens is 306 g/mol. The van der Waals surface area contributed by atoms with Gasteiger partial charge in [0.2, 0.25) is 0 Å². The Bertz CT molecular complexity index is 922. The van der Waals surface area contributed by atoms with E-state index in [0.29, 0.717) is 18.5 Å². The van der Waals surface area contributed by atoms with Crippen LogP contribution in [0.3, 0.4) is 0 Å². The van der Waals surface area contributed by atoms with Crippen molar-refractivity contribution in [2.45, 2.75) is 27.2 Å². The average molecular weight is 331 g/mol. The van der Waals surface area contributed by atoms with Gasteiger partial charge < -0.3 is 14.5 Å². The molecule has 0 radical (unpaired) electrons. The van der Waals surface area contributed by atoms with Crippen molar-refractivity contribution in [2.24, 2.45) is 20.0 Å². The van der Waals surface area contributed by atoms with Gasteiger partial charge in [0.15, 0.2) is 0 Å². The van der Waals surface area contributed by atoms with Crippen LogP contribution in [-0.4, -0.2) is 28.5 Å². The molecule has 0 amide bonds. The van der Waals surface area contributed by atoms with Gasteiger partial charge in [-0.25, -0.2) is 0 Å². The molecule has 0 aliphatic rings.